The minimum absolute atomic E-state index is 0.0991. The van der Waals surface area contributed by atoms with Crippen molar-refractivity contribution in [2.45, 2.75) is 39.5 Å². The van der Waals surface area contributed by atoms with Crippen LogP contribution in [0.1, 0.15) is 39.5 Å². The highest BCUT2D eigenvalue weighted by atomic mass is 16.2. The van der Waals surface area contributed by atoms with Gasteiger partial charge in [-0.05, 0) is 61.8 Å². The van der Waals surface area contributed by atoms with Crippen molar-refractivity contribution in [2.24, 2.45) is 11.8 Å². The Labute approximate surface area is 146 Å². The predicted molar refractivity (Wildman–Crippen MR) is 101 cm³/mol. The molecular weight excluding hydrogens is 298 g/mol. The lowest BCUT2D eigenvalue weighted by Gasteiger charge is -2.34. The number of nitrogens with one attached hydrogen (secondary N) is 1. The number of amides is 1. The van der Waals surface area contributed by atoms with E-state index in [0.717, 1.165) is 31.9 Å². The second-order valence-corrected chi connectivity index (χ2v) is 7.78. The number of rotatable bonds is 4. The Morgan fingerprint density at radius 3 is 2.29 bits per heavy atom. The van der Waals surface area contributed by atoms with Gasteiger partial charge in [-0.3, -0.25) is 9.69 Å². The number of anilines is 2. The summed E-state index contributed by atoms with van der Waals surface area (Å²) < 4.78 is 0. The summed E-state index contributed by atoms with van der Waals surface area (Å²) in [5, 5.41) is 3.05. The van der Waals surface area contributed by atoms with Crippen LogP contribution in [0, 0.1) is 11.8 Å². The van der Waals surface area contributed by atoms with E-state index in [0.29, 0.717) is 18.4 Å². The van der Waals surface area contributed by atoms with E-state index >= 15 is 0 Å². The molecule has 2 aliphatic heterocycles. The Balaban J connectivity index is 1.50. The zero-order valence-corrected chi connectivity index (χ0v) is 15.1. The fraction of sp³-hybridized carbons (Fsp3) is 0.650. The van der Waals surface area contributed by atoms with Gasteiger partial charge in [-0.15, -0.1) is 0 Å². The molecule has 2 fully saturated rings. The molecule has 0 radical (unpaired) electrons. The average Bonchev–Trinajstić information content (AvgIpc) is 2.55. The molecule has 0 spiro atoms. The maximum absolute atomic E-state index is 12.3. The minimum atomic E-state index is 0.0991. The van der Waals surface area contributed by atoms with Crippen LogP contribution in [0.4, 0.5) is 11.4 Å². The summed E-state index contributed by atoms with van der Waals surface area (Å²) in [5.41, 5.74) is 2.17. The van der Waals surface area contributed by atoms with Gasteiger partial charge in [0.25, 0.3) is 0 Å². The molecule has 0 aromatic heterocycles. The summed E-state index contributed by atoms with van der Waals surface area (Å²) in [6, 6.07) is 8.32. The van der Waals surface area contributed by atoms with Crippen LogP contribution in [-0.2, 0) is 4.79 Å². The third kappa shape index (κ3) is 4.73. The van der Waals surface area contributed by atoms with Crippen molar-refractivity contribution in [1.82, 2.24) is 4.90 Å². The molecule has 1 aromatic carbocycles. The maximum Gasteiger partial charge on any atom is 0.238 e. The van der Waals surface area contributed by atoms with Crippen molar-refractivity contribution in [3.05, 3.63) is 24.3 Å². The molecular formula is C20H31N3O. The second-order valence-electron chi connectivity index (χ2n) is 7.78. The molecule has 132 valence electrons. The highest BCUT2D eigenvalue weighted by molar-refractivity contribution is 5.92. The zero-order valence-electron chi connectivity index (χ0n) is 15.1. The van der Waals surface area contributed by atoms with Crippen molar-refractivity contribution >= 4 is 17.3 Å². The van der Waals surface area contributed by atoms with Crippen LogP contribution in [0.3, 0.4) is 0 Å². The second kappa shape index (κ2) is 8.02. The van der Waals surface area contributed by atoms with Gasteiger partial charge in [0.1, 0.15) is 0 Å². The normalized spacial score (nSPS) is 25.5. The van der Waals surface area contributed by atoms with Crippen molar-refractivity contribution in [3.8, 4) is 0 Å². The standard InChI is InChI=1S/C20H31N3O/c1-16-12-17(2)14-22(13-16)15-20(24)21-18-6-8-19(9-7-18)23-10-4-3-5-11-23/h6-9,16-17H,3-5,10-15H2,1-2H3,(H,21,24). The van der Waals surface area contributed by atoms with Crippen LogP contribution in [0.5, 0.6) is 0 Å². The van der Waals surface area contributed by atoms with Crippen molar-refractivity contribution in [1.29, 1.82) is 0 Å². The molecule has 0 saturated carbocycles. The zero-order chi connectivity index (χ0) is 16.9. The smallest absolute Gasteiger partial charge is 0.238 e. The summed E-state index contributed by atoms with van der Waals surface area (Å²) in [5.74, 6) is 1.47. The first kappa shape index (κ1) is 17.3. The van der Waals surface area contributed by atoms with E-state index in [2.05, 4.69) is 41.1 Å². The molecule has 2 saturated heterocycles. The molecule has 4 heteroatoms. The molecule has 0 aliphatic carbocycles. The van der Waals surface area contributed by atoms with Gasteiger partial charge >= 0.3 is 0 Å². The minimum Gasteiger partial charge on any atom is -0.372 e. The van der Waals surface area contributed by atoms with E-state index in [9.17, 15) is 4.79 Å². The molecule has 2 atom stereocenters. The molecule has 2 unspecified atom stereocenters. The van der Waals surface area contributed by atoms with Crippen LogP contribution in [-0.4, -0.2) is 43.5 Å². The molecule has 2 aliphatic rings. The highest BCUT2D eigenvalue weighted by Crippen LogP contribution is 2.23. The lowest BCUT2D eigenvalue weighted by Crippen LogP contribution is -2.42. The van der Waals surface area contributed by atoms with Gasteiger partial charge in [-0.1, -0.05) is 13.8 Å². The van der Waals surface area contributed by atoms with Gasteiger partial charge in [0.2, 0.25) is 5.91 Å². The van der Waals surface area contributed by atoms with E-state index < -0.39 is 0 Å². The Morgan fingerprint density at radius 1 is 1.04 bits per heavy atom. The quantitative estimate of drug-likeness (QED) is 0.917. The molecule has 0 bridgehead atoms. The Morgan fingerprint density at radius 2 is 1.67 bits per heavy atom. The number of benzene rings is 1. The number of hydrogen-bond acceptors (Lipinski definition) is 3. The van der Waals surface area contributed by atoms with Gasteiger partial charge in [0.05, 0.1) is 6.54 Å². The molecule has 3 rings (SSSR count). The summed E-state index contributed by atoms with van der Waals surface area (Å²) in [4.78, 5) is 17.0. The van der Waals surface area contributed by atoms with Crippen LogP contribution in [0.2, 0.25) is 0 Å². The predicted octanol–water partition coefficient (Wildman–Crippen LogP) is 3.59. The molecule has 1 amide bonds. The summed E-state index contributed by atoms with van der Waals surface area (Å²) in [6.07, 6.45) is 5.19. The average molecular weight is 329 g/mol. The summed E-state index contributed by atoms with van der Waals surface area (Å²) in [6.45, 7) is 9.42. The lowest BCUT2D eigenvalue weighted by atomic mass is 9.92. The highest BCUT2D eigenvalue weighted by Gasteiger charge is 2.23. The van der Waals surface area contributed by atoms with Crippen LogP contribution < -0.4 is 10.2 Å². The maximum atomic E-state index is 12.3. The number of hydrogen-bond donors (Lipinski definition) is 1. The van der Waals surface area contributed by atoms with Crippen LogP contribution >= 0.6 is 0 Å². The van der Waals surface area contributed by atoms with E-state index in [1.54, 1.807) is 0 Å². The SMILES string of the molecule is CC1CC(C)CN(CC(=O)Nc2ccc(N3CCCCC3)cc2)C1. The molecule has 1 aromatic rings. The summed E-state index contributed by atoms with van der Waals surface area (Å²) in [7, 11) is 0. The third-order valence-corrected chi connectivity index (χ3v) is 5.18. The largest absolute Gasteiger partial charge is 0.372 e. The van der Waals surface area contributed by atoms with Gasteiger partial charge in [0, 0.05) is 37.6 Å². The van der Waals surface area contributed by atoms with Gasteiger partial charge in [-0.25, -0.2) is 0 Å². The van der Waals surface area contributed by atoms with Crippen molar-refractivity contribution in [3.63, 3.8) is 0 Å². The Bertz CT molecular complexity index is 526. The first-order valence-corrected chi connectivity index (χ1v) is 9.47. The molecule has 1 N–H and O–H groups in total. The lowest BCUT2D eigenvalue weighted by molar-refractivity contribution is -0.117. The monoisotopic (exact) mass is 329 g/mol. The van der Waals surface area contributed by atoms with Crippen molar-refractivity contribution in [2.75, 3.05) is 42.9 Å². The Kier molecular flexibility index (Phi) is 5.77. The first-order valence-electron chi connectivity index (χ1n) is 9.47. The third-order valence-electron chi connectivity index (χ3n) is 5.18. The van der Waals surface area contributed by atoms with Crippen LogP contribution in [0.25, 0.3) is 0 Å². The molecule has 2 heterocycles. The van der Waals surface area contributed by atoms with E-state index in [1.807, 2.05) is 12.1 Å². The fourth-order valence-corrected chi connectivity index (χ4v) is 4.23. The number of likely N-dealkylation sites (tertiary alicyclic amines) is 1. The van der Waals surface area contributed by atoms with E-state index in [-0.39, 0.29) is 5.91 Å². The van der Waals surface area contributed by atoms with E-state index in [1.165, 1.54) is 31.4 Å². The topological polar surface area (TPSA) is 35.6 Å². The number of carbonyl (C=O) groups is 1. The summed E-state index contributed by atoms with van der Waals surface area (Å²) >= 11 is 0. The van der Waals surface area contributed by atoms with Gasteiger partial charge in [0.15, 0.2) is 0 Å². The molecule has 24 heavy (non-hydrogen) atoms. The number of nitrogens with zero attached hydrogens (tertiary/aromatic N) is 2. The Hall–Kier alpha value is -1.55. The van der Waals surface area contributed by atoms with Crippen molar-refractivity contribution < 1.29 is 4.79 Å². The van der Waals surface area contributed by atoms with Gasteiger partial charge < -0.3 is 10.2 Å². The van der Waals surface area contributed by atoms with Gasteiger partial charge in [-0.2, -0.15) is 0 Å². The fourth-order valence-electron chi connectivity index (χ4n) is 4.23. The van der Waals surface area contributed by atoms with Crippen LogP contribution in [0.15, 0.2) is 24.3 Å². The number of carbonyl (C=O) groups excluding carboxylic acids is 1. The number of piperidine rings is 2. The molecule has 4 nitrogen and oxygen atoms in total. The first-order chi connectivity index (χ1) is 11.6. The van der Waals surface area contributed by atoms with E-state index in [4.69, 9.17) is 0 Å².